The lowest BCUT2D eigenvalue weighted by molar-refractivity contribution is -0.123. The Morgan fingerprint density at radius 3 is 2.90 bits per heavy atom. The Bertz CT molecular complexity index is 762. The third-order valence-electron chi connectivity index (χ3n) is 4.90. The number of carbonyl (C=O) groups is 1. The fourth-order valence-electron chi connectivity index (χ4n) is 3.65. The average Bonchev–Trinajstić information content (AvgIpc) is 3.15. The number of aromatic nitrogens is 2. The fourth-order valence-corrected chi connectivity index (χ4v) is 3.65. The van der Waals surface area contributed by atoms with Gasteiger partial charge in [-0.1, -0.05) is 32.0 Å². The highest BCUT2D eigenvalue weighted by atomic mass is 16.5. The van der Waals surface area contributed by atoms with Crippen LogP contribution in [0.3, 0.4) is 0 Å². The van der Waals surface area contributed by atoms with Crippen LogP contribution in [0.2, 0.25) is 0 Å². The van der Waals surface area contributed by atoms with Gasteiger partial charge in [0.1, 0.15) is 0 Å². The van der Waals surface area contributed by atoms with Gasteiger partial charge in [-0.15, -0.1) is 0 Å². The van der Waals surface area contributed by atoms with Crippen LogP contribution in [-0.2, 0) is 16.1 Å². The van der Waals surface area contributed by atoms with Crippen molar-refractivity contribution in [3.63, 3.8) is 0 Å². The number of para-hydroxylation sites is 1. The maximum absolute atomic E-state index is 12.3. The van der Waals surface area contributed by atoms with Crippen molar-refractivity contribution < 1.29 is 9.53 Å². The van der Waals surface area contributed by atoms with Crippen molar-refractivity contribution in [2.75, 3.05) is 46.4 Å². The van der Waals surface area contributed by atoms with Crippen molar-refractivity contribution in [1.29, 1.82) is 0 Å². The zero-order valence-electron chi connectivity index (χ0n) is 17.8. The monoisotopic (exact) mass is 399 g/mol. The summed E-state index contributed by atoms with van der Waals surface area (Å²) in [5.74, 6) is 0.663. The molecule has 1 amide bonds. The lowest BCUT2D eigenvalue weighted by atomic mass is 10.2. The van der Waals surface area contributed by atoms with Crippen molar-refractivity contribution >= 4 is 5.91 Å². The molecule has 0 radical (unpaired) electrons. The van der Waals surface area contributed by atoms with Crippen molar-refractivity contribution in [2.24, 2.45) is 5.92 Å². The zero-order chi connectivity index (χ0) is 20.6. The molecule has 158 valence electrons. The van der Waals surface area contributed by atoms with Gasteiger partial charge in [-0.2, -0.15) is 5.10 Å². The number of likely N-dealkylation sites (N-methyl/N-ethyl adjacent to an activating group) is 1. The lowest BCUT2D eigenvalue weighted by Gasteiger charge is -2.34. The van der Waals surface area contributed by atoms with Gasteiger partial charge in [-0.05, 0) is 25.1 Å². The van der Waals surface area contributed by atoms with E-state index in [9.17, 15) is 4.79 Å². The molecule has 0 saturated carbocycles. The molecular weight excluding hydrogens is 366 g/mol. The van der Waals surface area contributed by atoms with E-state index in [0.29, 0.717) is 25.6 Å². The number of hydrogen-bond acceptors (Lipinski definition) is 5. The average molecular weight is 400 g/mol. The predicted molar refractivity (Wildman–Crippen MR) is 114 cm³/mol. The number of amides is 1. The Kier molecular flexibility index (Phi) is 7.80. The molecule has 1 aromatic heterocycles. The number of hydrogen-bond donors (Lipinski definition) is 1. The summed E-state index contributed by atoms with van der Waals surface area (Å²) in [6.07, 6.45) is 3.92. The number of carbonyl (C=O) groups excluding carboxylic acids is 1. The van der Waals surface area contributed by atoms with Crippen LogP contribution in [0, 0.1) is 5.92 Å². The third kappa shape index (κ3) is 6.96. The summed E-state index contributed by atoms with van der Waals surface area (Å²) in [4.78, 5) is 16.7. The molecule has 1 atom stereocenters. The van der Waals surface area contributed by atoms with Gasteiger partial charge in [0, 0.05) is 44.5 Å². The summed E-state index contributed by atoms with van der Waals surface area (Å²) >= 11 is 0. The first kappa shape index (κ1) is 21.5. The second kappa shape index (κ2) is 10.5. The first-order valence-corrected chi connectivity index (χ1v) is 10.4. The Hall–Kier alpha value is -2.22. The molecular formula is C22H33N5O2. The maximum Gasteiger partial charge on any atom is 0.234 e. The molecule has 7 nitrogen and oxygen atoms in total. The molecule has 1 N–H and O–H groups in total. The molecule has 7 heteroatoms. The number of rotatable bonds is 9. The summed E-state index contributed by atoms with van der Waals surface area (Å²) in [7, 11) is 1.95. The van der Waals surface area contributed by atoms with Gasteiger partial charge in [-0.25, -0.2) is 4.68 Å². The van der Waals surface area contributed by atoms with E-state index in [2.05, 4.69) is 29.2 Å². The first-order valence-electron chi connectivity index (χ1n) is 10.4. The maximum atomic E-state index is 12.3. The number of ether oxygens (including phenoxy) is 1. The molecule has 2 heterocycles. The van der Waals surface area contributed by atoms with Crippen LogP contribution in [0.15, 0.2) is 42.7 Å². The SMILES string of the molecule is CC(C)CN1CCOC(CNC(=O)CN(C)Cc2cnn(-c3ccccc3)c2)C1. The second-order valence-electron chi connectivity index (χ2n) is 8.25. The van der Waals surface area contributed by atoms with Gasteiger partial charge in [0.05, 0.1) is 31.1 Å². The van der Waals surface area contributed by atoms with E-state index in [1.54, 1.807) is 0 Å². The van der Waals surface area contributed by atoms with E-state index >= 15 is 0 Å². The molecule has 0 bridgehead atoms. The molecule has 0 spiro atoms. The summed E-state index contributed by atoms with van der Waals surface area (Å²) in [5.41, 5.74) is 2.10. The highest BCUT2D eigenvalue weighted by molar-refractivity contribution is 5.78. The normalized spacial score (nSPS) is 17.8. The Balaban J connectivity index is 1.40. The van der Waals surface area contributed by atoms with Gasteiger partial charge < -0.3 is 10.1 Å². The molecule has 3 rings (SSSR count). The van der Waals surface area contributed by atoms with Gasteiger partial charge in [0.25, 0.3) is 0 Å². The van der Waals surface area contributed by atoms with Crippen molar-refractivity contribution in [1.82, 2.24) is 24.9 Å². The molecule has 1 aliphatic rings. The Labute approximate surface area is 173 Å². The number of morpholine rings is 1. The smallest absolute Gasteiger partial charge is 0.234 e. The minimum absolute atomic E-state index is 0.0209. The van der Waals surface area contributed by atoms with E-state index in [1.807, 2.05) is 59.4 Å². The Morgan fingerprint density at radius 2 is 2.14 bits per heavy atom. The zero-order valence-corrected chi connectivity index (χ0v) is 17.8. The van der Waals surface area contributed by atoms with Crippen LogP contribution >= 0.6 is 0 Å². The molecule has 29 heavy (non-hydrogen) atoms. The molecule has 1 saturated heterocycles. The van der Waals surface area contributed by atoms with Gasteiger partial charge in [-0.3, -0.25) is 14.6 Å². The molecule has 2 aromatic rings. The molecule has 1 fully saturated rings. The fraction of sp³-hybridized carbons (Fsp3) is 0.545. The number of nitrogens with zero attached hydrogens (tertiary/aromatic N) is 4. The second-order valence-corrected chi connectivity index (χ2v) is 8.25. The standard InChI is InChI=1S/C22H33N5O2/c1-18(2)13-26-9-10-29-21(16-26)12-23-22(28)17-25(3)14-19-11-24-27(15-19)20-7-5-4-6-8-20/h4-8,11,15,18,21H,9-10,12-14,16-17H2,1-3H3,(H,23,28). The summed E-state index contributed by atoms with van der Waals surface area (Å²) in [6.45, 7) is 9.70. The molecule has 1 aromatic carbocycles. The summed E-state index contributed by atoms with van der Waals surface area (Å²) in [5, 5.41) is 7.43. The van der Waals surface area contributed by atoms with Crippen LogP contribution in [0.25, 0.3) is 5.69 Å². The van der Waals surface area contributed by atoms with Crippen LogP contribution in [0.1, 0.15) is 19.4 Å². The quantitative estimate of drug-likeness (QED) is 0.696. The predicted octanol–water partition coefficient (Wildman–Crippen LogP) is 1.78. The van der Waals surface area contributed by atoms with Crippen LogP contribution in [0.4, 0.5) is 0 Å². The minimum atomic E-state index is 0.0209. The van der Waals surface area contributed by atoms with Gasteiger partial charge in [0.2, 0.25) is 5.91 Å². The van der Waals surface area contributed by atoms with E-state index in [1.165, 1.54) is 0 Å². The number of benzene rings is 1. The van der Waals surface area contributed by atoms with E-state index in [0.717, 1.165) is 37.5 Å². The minimum Gasteiger partial charge on any atom is -0.374 e. The molecule has 0 aliphatic carbocycles. The van der Waals surface area contributed by atoms with Crippen LogP contribution in [-0.4, -0.2) is 78.0 Å². The molecule has 1 aliphatic heterocycles. The largest absolute Gasteiger partial charge is 0.374 e. The van der Waals surface area contributed by atoms with Gasteiger partial charge >= 0.3 is 0 Å². The lowest BCUT2D eigenvalue weighted by Crippen LogP contribution is -2.49. The van der Waals surface area contributed by atoms with E-state index in [4.69, 9.17) is 4.74 Å². The Morgan fingerprint density at radius 1 is 1.34 bits per heavy atom. The molecule has 1 unspecified atom stereocenters. The van der Waals surface area contributed by atoms with Crippen molar-refractivity contribution in [2.45, 2.75) is 26.5 Å². The van der Waals surface area contributed by atoms with Crippen LogP contribution < -0.4 is 5.32 Å². The van der Waals surface area contributed by atoms with Crippen molar-refractivity contribution in [3.8, 4) is 5.69 Å². The first-order chi connectivity index (χ1) is 14.0. The van der Waals surface area contributed by atoms with Gasteiger partial charge in [0.15, 0.2) is 0 Å². The van der Waals surface area contributed by atoms with E-state index < -0.39 is 0 Å². The summed E-state index contributed by atoms with van der Waals surface area (Å²) < 4.78 is 7.66. The van der Waals surface area contributed by atoms with Crippen molar-refractivity contribution in [3.05, 3.63) is 48.3 Å². The topological polar surface area (TPSA) is 62.6 Å². The highest BCUT2D eigenvalue weighted by Gasteiger charge is 2.21. The van der Waals surface area contributed by atoms with Crippen LogP contribution in [0.5, 0.6) is 0 Å². The number of nitrogens with one attached hydrogen (secondary N) is 1. The summed E-state index contributed by atoms with van der Waals surface area (Å²) in [6, 6.07) is 10.0. The highest BCUT2D eigenvalue weighted by Crippen LogP contribution is 2.09. The third-order valence-corrected chi connectivity index (χ3v) is 4.90. The van der Waals surface area contributed by atoms with E-state index in [-0.39, 0.29) is 12.0 Å².